The van der Waals surface area contributed by atoms with Crippen LogP contribution in [0.15, 0.2) is 24.3 Å². The van der Waals surface area contributed by atoms with E-state index in [-0.39, 0.29) is 31.2 Å². The third-order valence-corrected chi connectivity index (χ3v) is 4.04. The number of alkyl halides is 3. The van der Waals surface area contributed by atoms with Crippen molar-refractivity contribution in [1.82, 2.24) is 10.2 Å². The highest BCUT2D eigenvalue weighted by Crippen LogP contribution is 2.29. The van der Waals surface area contributed by atoms with Crippen LogP contribution in [-0.2, 0) is 15.7 Å². The number of halogens is 3. The molecule has 2 amide bonds. The molecule has 0 unspecified atom stereocenters. The lowest BCUT2D eigenvalue weighted by Crippen LogP contribution is -2.50. The molecule has 1 fully saturated rings. The van der Waals surface area contributed by atoms with Gasteiger partial charge in [0.15, 0.2) is 0 Å². The summed E-state index contributed by atoms with van der Waals surface area (Å²) in [7, 11) is 0. The number of hydrogen-bond donors (Lipinski definition) is 2. The quantitative estimate of drug-likeness (QED) is 0.708. The SMILES string of the molecule is NCCOC[C@H](NC(=O)c1ccc(C(F)(F)F)cc1)C(=O)N1CCCC1. The minimum atomic E-state index is -4.47. The summed E-state index contributed by atoms with van der Waals surface area (Å²) in [5.41, 5.74) is 4.55. The minimum absolute atomic E-state index is 0.0380. The maximum absolute atomic E-state index is 12.6. The lowest BCUT2D eigenvalue weighted by molar-refractivity contribution is -0.137. The van der Waals surface area contributed by atoms with E-state index in [1.807, 2.05) is 0 Å². The van der Waals surface area contributed by atoms with Crippen molar-refractivity contribution in [1.29, 1.82) is 0 Å². The van der Waals surface area contributed by atoms with Crippen LogP contribution in [0, 0.1) is 0 Å². The number of rotatable bonds is 7. The summed E-state index contributed by atoms with van der Waals surface area (Å²) in [4.78, 5) is 26.5. The molecule has 0 radical (unpaired) electrons. The maximum atomic E-state index is 12.6. The number of nitrogens with two attached hydrogens (primary N) is 1. The first kappa shape index (κ1) is 20.2. The topological polar surface area (TPSA) is 84.7 Å². The van der Waals surface area contributed by atoms with Gasteiger partial charge in [-0.3, -0.25) is 9.59 Å². The van der Waals surface area contributed by atoms with Gasteiger partial charge in [0.1, 0.15) is 6.04 Å². The summed E-state index contributed by atoms with van der Waals surface area (Å²) in [6.45, 7) is 1.70. The van der Waals surface area contributed by atoms with E-state index in [2.05, 4.69) is 5.32 Å². The van der Waals surface area contributed by atoms with Crippen molar-refractivity contribution in [3.8, 4) is 0 Å². The molecular weight excluding hydrogens is 351 g/mol. The van der Waals surface area contributed by atoms with Crippen LogP contribution in [0.25, 0.3) is 0 Å². The average Bonchev–Trinajstić information content (AvgIpc) is 3.14. The van der Waals surface area contributed by atoms with E-state index >= 15 is 0 Å². The number of ether oxygens (including phenoxy) is 1. The van der Waals surface area contributed by atoms with E-state index in [9.17, 15) is 22.8 Å². The van der Waals surface area contributed by atoms with E-state index in [1.165, 1.54) is 0 Å². The van der Waals surface area contributed by atoms with Crippen LogP contribution in [0.2, 0.25) is 0 Å². The third-order valence-electron chi connectivity index (χ3n) is 4.04. The lowest BCUT2D eigenvalue weighted by Gasteiger charge is -2.24. The summed E-state index contributed by atoms with van der Waals surface area (Å²) in [6, 6.07) is 2.91. The first-order chi connectivity index (χ1) is 12.3. The van der Waals surface area contributed by atoms with Gasteiger partial charge in [0.2, 0.25) is 5.91 Å². The van der Waals surface area contributed by atoms with Gasteiger partial charge in [0.25, 0.3) is 5.91 Å². The van der Waals surface area contributed by atoms with Gasteiger partial charge in [-0.1, -0.05) is 0 Å². The maximum Gasteiger partial charge on any atom is 0.416 e. The molecule has 1 saturated heterocycles. The van der Waals surface area contributed by atoms with E-state index in [0.29, 0.717) is 13.1 Å². The van der Waals surface area contributed by atoms with Crippen LogP contribution < -0.4 is 11.1 Å². The highest BCUT2D eigenvalue weighted by Gasteiger charge is 2.31. The van der Waals surface area contributed by atoms with Gasteiger partial charge >= 0.3 is 6.18 Å². The van der Waals surface area contributed by atoms with E-state index in [0.717, 1.165) is 37.1 Å². The number of amides is 2. The average molecular weight is 373 g/mol. The predicted molar refractivity (Wildman–Crippen MR) is 88.4 cm³/mol. The van der Waals surface area contributed by atoms with Crippen LogP contribution in [-0.4, -0.2) is 55.6 Å². The zero-order valence-electron chi connectivity index (χ0n) is 14.2. The fourth-order valence-electron chi connectivity index (χ4n) is 2.67. The van der Waals surface area contributed by atoms with Crippen LogP contribution in [0.3, 0.4) is 0 Å². The van der Waals surface area contributed by atoms with Gasteiger partial charge in [0, 0.05) is 25.2 Å². The summed E-state index contributed by atoms with van der Waals surface area (Å²) in [6.07, 6.45) is -2.68. The van der Waals surface area contributed by atoms with Crippen LogP contribution in [0.1, 0.15) is 28.8 Å². The van der Waals surface area contributed by atoms with Gasteiger partial charge in [-0.05, 0) is 37.1 Å². The molecule has 0 spiro atoms. The standard InChI is InChI=1S/C17H22F3N3O3/c18-17(19,20)13-5-3-12(4-6-13)15(24)22-14(11-26-10-7-21)16(25)23-8-1-2-9-23/h3-6,14H,1-2,7-11,21H2,(H,22,24)/t14-/m0/s1. The first-order valence-electron chi connectivity index (χ1n) is 8.37. The lowest BCUT2D eigenvalue weighted by atomic mass is 10.1. The Kier molecular flexibility index (Phi) is 6.98. The predicted octanol–water partition coefficient (Wildman–Crippen LogP) is 1.40. The van der Waals surface area contributed by atoms with Crippen molar-refractivity contribution in [2.45, 2.75) is 25.1 Å². The van der Waals surface area contributed by atoms with Crippen LogP contribution >= 0.6 is 0 Å². The number of nitrogens with one attached hydrogen (secondary N) is 1. The number of carbonyl (C=O) groups excluding carboxylic acids is 2. The van der Waals surface area contributed by atoms with Crippen LogP contribution in [0.4, 0.5) is 13.2 Å². The first-order valence-corrected chi connectivity index (χ1v) is 8.37. The van der Waals surface area contributed by atoms with Crippen molar-refractivity contribution in [2.75, 3.05) is 32.8 Å². The third kappa shape index (κ3) is 5.43. The Morgan fingerprint density at radius 2 is 1.81 bits per heavy atom. The molecule has 9 heteroatoms. The number of nitrogens with zero attached hydrogens (tertiary/aromatic N) is 1. The van der Waals surface area contributed by atoms with E-state index in [1.54, 1.807) is 4.90 Å². The molecule has 144 valence electrons. The van der Waals surface area contributed by atoms with E-state index in [4.69, 9.17) is 10.5 Å². The zero-order valence-corrected chi connectivity index (χ0v) is 14.2. The Hall–Kier alpha value is -2.13. The fourth-order valence-corrected chi connectivity index (χ4v) is 2.67. The van der Waals surface area contributed by atoms with Gasteiger partial charge in [-0.25, -0.2) is 0 Å². The van der Waals surface area contributed by atoms with Gasteiger partial charge in [-0.2, -0.15) is 13.2 Å². The molecule has 0 bridgehead atoms. The van der Waals surface area contributed by atoms with Gasteiger partial charge in [0.05, 0.1) is 18.8 Å². The molecule has 1 aromatic rings. The van der Waals surface area contributed by atoms with Crippen LogP contribution in [0.5, 0.6) is 0 Å². The molecule has 1 aliphatic rings. The molecule has 0 saturated carbocycles. The Bertz CT molecular complexity index is 614. The number of hydrogen-bond acceptors (Lipinski definition) is 4. The molecule has 1 aliphatic heterocycles. The monoisotopic (exact) mass is 373 g/mol. The number of likely N-dealkylation sites (tertiary alicyclic amines) is 1. The largest absolute Gasteiger partial charge is 0.416 e. The molecule has 1 heterocycles. The number of carbonyl (C=O) groups is 2. The van der Waals surface area contributed by atoms with Crippen molar-refractivity contribution in [3.63, 3.8) is 0 Å². The summed E-state index contributed by atoms with van der Waals surface area (Å²) in [5.74, 6) is -0.896. The Morgan fingerprint density at radius 1 is 1.19 bits per heavy atom. The smallest absolute Gasteiger partial charge is 0.377 e. The van der Waals surface area contributed by atoms with Crippen molar-refractivity contribution in [3.05, 3.63) is 35.4 Å². The van der Waals surface area contributed by atoms with Crippen molar-refractivity contribution in [2.24, 2.45) is 5.73 Å². The molecule has 1 aromatic carbocycles. The molecule has 3 N–H and O–H groups in total. The highest BCUT2D eigenvalue weighted by molar-refractivity contribution is 5.97. The zero-order chi connectivity index (χ0) is 19.2. The Balaban J connectivity index is 2.05. The minimum Gasteiger partial charge on any atom is -0.377 e. The van der Waals surface area contributed by atoms with Crippen molar-refractivity contribution >= 4 is 11.8 Å². The molecule has 2 rings (SSSR count). The molecule has 1 atom stereocenters. The second-order valence-corrected chi connectivity index (χ2v) is 6.00. The molecule has 6 nitrogen and oxygen atoms in total. The highest BCUT2D eigenvalue weighted by atomic mass is 19.4. The second-order valence-electron chi connectivity index (χ2n) is 6.00. The summed E-state index contributed by atoms with van der Waals surface area (Å²) in [5, 5.41) is 2.55. The fraction of sp³-hybridized carbons (Fsp3) is 0.529. The normalized spacial score (nSPS) is 15.8. The Morgan fingerprint density at radius 3 is 2.35 bits per heavy atom. The molecular formula is C17H22F3N3O3. The molecule has 0 aromatic heterocycles. The summed E-state index contributed by atoms with van der Waals surface area (Å²) < 4.78 is 43.1. The van der Waals surface area contributed by atoms with Gasteiger partial charge < -0.3 is 20.7 Å². The molecule has 0 aliphatic carbocycles. The van der Waals surface area contributed by atoms with Crippen molar-refractivity contribution < 1.29 is 27.5 Å². The molecule has 26 heavy (non-hydrogen) atoms. The van der Waals surface area contributed by atoms with E-state index < -0.39 is 23.7 Å². The van der Waals surface area contributed by atoms with Gasteiger partial charge in [-0.15, -0.1) is 0 Å². The summed E-state index contributed by atoms with van der Waals surface area (Å²) >= 11 is 0. The Labute approximate surface area is 149 Å². The number of benzene rings is 1. The second kappa shape index (κ2) is 9.00.